The molecule has 1 aliphatic carbocycles. The minimum absolute atomic E-state index is 0.0738. The first-order valence-corrected chi connectivity index (χ1v) is 5.96. The monoisotopic (exact) mass is 248 g/mol. The zero-order valence-corrected chi connectivity index (χ0v) is 10.1. The molecule has 1 aliphatic rings. The number of hydrogen-bond acceptors (Lipinski definition) is 3. The molecule has 1 atom stereocenters. The Morgan fingerprint density at radius 2 is 1.89 bits per heavy atom. The lowest BCUT2D eigenvalue weighted by atomic mass is 10.2. The first kappa shape index (κ1) is 12.4. The molecule has 1 unspecified atom stereocenters. The highest BCUT2D eigenvalue weighted by atomic mass is 16.4. The van der Waals surface area contributed by atoms with E-state index in [4.69, 9.17) is 5.11 Å². The zero-order chi connectivity index (χ0) is 13.1. The van der Waals surface area contributed by atoms with E-state index < -0.39 is 12.0 Å². The van der Waals surface area contributed by atoms with Gasteiger partial charge < -0.3 is 15.7 Å². The van der Waals surface area contributed by atoms with Crippen molar-refractivity contribution in [2.24, 2.45) is 0 Å². The lowest BCUT2D eigenvalue weighted by Crippen LogP contribution is -2.26. The standard InChI is InChI=1S/C13H16N2O3/c1-8(13(17)18)14-10-4-2-9(3-5-10)12(16)15-11-6-7-11/h2-5,8,11,14H,6-7H2,1H3,(H,15,16)(H,17,18). The van der Waals surface area contributed by atoms with Crippen LogP contribution in [-0.2, 0) is 4.79 Å². The number of carbonyl (C=O) groups is 2. The first-order chi connectivity index (χ1) is 8.56. The van der Waals surface area contributed by atoms with Crippen molar-refractivity contribution in [3.63, 3.8) is 0 Å². The van der Waals surface area contributed by atoms with Gasteiger partial charge in [-0.3, -0.25) is 9.59 Å². The topological polar surface area (TPSA) is 78.4 Å². The fourth-order valence-corrected chi connectivity index (χ4v) is 1.53. The largest absolute Gasteiger partial charge is 0.480 e. The third-order valence-corrected chi connectivity index (χ3v) is 2.81. The summed E-state index contributed by atoms with van der Waals surface area (Å²) >= 11 is 0. The summed E-state index contributed by atoms with van der Waals surface area (Å²) in [6, 6.07) is 6.48. The highest BCUT2D eigenvalue weighted by Gasteiger charge is 2.23. The van der Waals surface area contributed by atoms with E-state index in [2.05, 4.69) is 10.6 Å². The summed E-state index contributed by atoms with van der Waals surface area (Å²) in [6.07, 6.45) is 2.11. The number of hydrogen-bond donors (Lipinski definition) is 3. The molecule has 0 heterocycles. The average molecular weight is 248 g/mol. The molecule has 1 aromatic rings. The number of rotatable bonds is 5. The van der Waals surface area contributed by atoms with Crippen LogP contribution < -0.4 is 10.6 Å². The number of benzene rings is 1. The SMILES string of the molecule is CC(Nc1ccc(C(=O)NC2CC2)cc1)C(=O)O. The number of amides is 1. The van der Waals surface area contributed by atoms with Gasteiger partial charge in [0.25, 0.3) is 5.91 Å². The average Bonchev–Trinajstić information content (AvgIpc) is 3.13. The van der Waals surface area contributed by atoms with Gasteiger partial charge in [-0.25, -0.2) is 0 Å². The molecule has 0 spiro atoms. The third kappa shape index (κ3) is 3.23. The molecule has 5 heteroatoms. The van der Waals surface area contributed by atoms with Crippen molar-refractivity contribution < 1.29 is 14.7 Å². The van der Waals surface area contributed by atoms with E-state index in [1.807, 2.05) is 0 Å². The Hall–Kier alpha value is -2.04. The van der Waals surface area contributed by atoms with Crippen molar-refractivity contribution in [2.45, 2.75) is 31.8 Å². The van der Waals surface area contributed by atoms with Crippen molar-refractivity contribution in [1.82, 2.24) is 5.32 Å². The molecule has 1 aromatic carbocycles. The maximum atomic E-state index is 11.7. The zero-order valence-electron chi connectivity index (χ0n) is 10.1. The summed E-state index contributed by atoms with van der Waals surface area (Å²) in [4.78, 5) is 22.4. The Labute approximate surface area is 105 Å². The Bertz CT molecular complexity index is 452. The van der Waals surface area contributed by atoms with E-state index in [0.29, 0.717) is 17.3 Å². The minimum Gasteiger partial charge on any atom is -0.480 e. The fourth-order valence-electron chi connectivity index (χ4n) is 1.53. The van der Waals surface area contributed by atoms with Crippen LogP contribution in [0.1, 0.15) is 30.1 Å². The molecular formula is C13H16N2O3. The molecule has 1 saturated carbocycles. The van der Waals surface area contributed by atoms with Gasteiger partial charge in [0, 0.05) is 17.3 Å². The summed E-state index contributed by atoms with van der Waals surface area (Å²) in [5.41, 5.74) is 1.28. The van der Waals surface area contributed by atoms with Crippen molar-refractivity contribution in [3.05, 3.63) is 29.8 Å². The molecule has 0 saturated heterocycles. The van der Waals surface area contributed by atoms with Crippen LogP contribution in [0, 0.1) is 0 Å². The lowest BCUT2D eigenvalue weighted by molar-refractivity contribution is -0.137. The molecule has 18 heavy (non-hydrogen) atoms. The van der Waals surface area contributed by atoms with E-state index in [9.17, 15) is 9.59 Å². The van der Waals surface area contributed by atoms with Gasteiger partial charge in [0.2, 0.25) is 0 Å². The Kier molecular flexibility index (Phi) is 3.50. The van der Waals surface area contributed by atoms with Gasteiger partial charge in [-0.15, -0.1) is 0 Å². The van der Waals surface area contributed by atoms with Crippen LogP contribution in [0.15, 0.2) is 24.3 Å². The summed E-state index contributed by atoms with van der Waals surface area (Å²) in [7, 11) is 0. The highest BCUT2D eigenvalue weighted by Crippen LogP contribution is 2.19. The number of carboxylic acids is 1. The smallest absolute Gasteiger partial charge is 0.325 e. The van der Waals surface area contributed by atoms with Crippen molar-refractivity contribution in [1.29, 1.82) is 0 Å². The molecule has 0 aliphatic heterocycles. The molecule has 96 valence electrons. The third-order valence-electron chi connectivity index (χ3n) is 2.81. The van der Waals surface area contributed by atoms with Gasteiger partial charge in [-0.2, -0.15) is 0 Å². The maximum absolute atomic E-state index is 11.7. The number of nitrogens with one attached hydrogen (secondary N) is 2. The van der Waals surface area contributed by atoms with E-state index in [1.54, 1.807) is 31.2 Å². The normalized spacial score (nSPS) is 15.8. The predicted molar refractivity (Wildman–Crippen MR) is 67.7 cm³/mol. The molecule has 1 amide bonds. The highest BCUT2D eigenvalue weighted by molar-refractivity contribution is 5.95. The molecule has 5 nitrogen and oxygen atoms in total. The Morgan fingerprint density at radius 1 is 1.28 bits per heavy atom. The van der Waals surface area contributed by atoms with Crippen molar-refractivity contribution >= 4 is 17.6 Å². The lowest BCUT2D eigenvalue weighted by Gasteiger charge is -2.11. The number of aliphatic carboxylic acids is 1. The van der Waals surface area contributed by atoms with Crippen LogP contribution in [0.5, 0.6) is 0 Å². The molecule has 2 rings (SSSR count). The van der Waals surface area contributed by atoms with E-state index >= 15 is 0 Å². The van der Waals surface area contributed by atoms with Gasteiger partial charge in [-0.05, 0) is 44.0 Å². The predicted octanol–water partition coefficient (Wildman–Crippen LogP) is 1.46. The number of carboxylic acid groups (broad SMARTS) is 1. The first-order valence-electron chi connectivity index (χ1n) is 5.96. The number of anilines is 1. The Morgan fingerprint density at radius 3 is 2.39 bits per heavy atom. The van der Waals surface area contributed by atoms with E-state index in [0.717, 1.165) is 12.8 Å². The molecule has 0 bridgehead atoms. The van der Waals surface area contributed by atoms with Gasteiger partial charge in [0.05, 0.1) is 0 Å². The van der Waals surface area contributed by atoms with Crippen LogP contribution in [0.25, 0.3) is 0 Å². The van der Waals surface area contributed by atoms with Gasteiger partial charge in [0.15, 0.2) is 0 Å². The second-order valence-electron chi connectivity index (χ2n) is 4.53. The summed E-state index contributed by atoms with van der Waals surface area (Å²) < 4.78 is 0. The van der Waals surface area contributed by atoms with Crippen LogP contribution in [0.3, 0.4) is 0 Å². The van der Waals surface area contributed by atoms with Gasteiger partial charge in [0.1, 0.15) is 6.04 Å². The molecule has 1 fully saturated rings. The van der Waals surface area contributed by atoms with Gasteiger partial charge in [-0.1, -0.05) is 0 Å². The van der Waals surface area contributed by atoms with Gasteiger partial charge >= 0.3 is 5.97 Å². The van der Waals surface area contributed by atoms with Crippen molar-refractivity contribution in [3.8, 4) is 0 Å². The molecule has 0 radical (unpaired) electrons. The quantitative estimate of drug-likeness (QED) is 0.737. The van der Waals surface area contributed by atoms with E-state index in [1.165, 1.54) is 0 Å². The van der Waals surface area contributed by atoms with Crippen molar-refractivity contribution in [2.75, 3.05) is 5.32 Å². The summed E-state index contributed by atoms with van der Waals surface area (Å²) in [5.74, 6) is -0.985. The maximum Gasteiger partial charge on any atom is 0.325 e. The second-order valence-corrected chi connectivity index (χ2v) is 4.53. The van der Waals surface area contributed by atoms with Crippen LogP contribution in [0.4, 0.5) is 5.69 Å². The Balaban J connectivity index is 1.95. The van der Waals surface area contributed by atoms with Crippen LogP contribution >= 0.6 is 0 Å². The fraction of sp³-hybridized carbons (Fsp3) is 0.385. The van der Waals surface area contributed by atoms with Crippen LogP contribution in [-0.4, -0.2) is 29.1 Å². The summed E-state index contributed by atoms with van der Waals surface area (Å²) in [5, 5.41) is 14.5. The number of carbonyl (C=O) groups excluding carboxylic acids is 1. The van der Waals surface area contributed by atoms with E-state index in [-0.39, 0.29) is 5.91 Å². The van der Waals surface area contributed by atoms with Crippen LogP contribution in [0.2, 0.25) is 0 Å². The molecular weight excluding hydrogens is 232 g/mol. The molecule has 3 N–H and O–H groups in total. The second kappa shape index (κ2) is 5.08. The molecule has 0 aromatic heterocycles. The summed E-state index contributed by atoms with van der Waals surface area (Å²) in [6.45, 7) is 1.57. The minimum atomic E-state index is -0.912.